The minimum absolute atomic E-state index is 0.106. The third-order valence-corrected chi connectivity index (χ3v) is 5.75. The molecule has 2 N–H and O–H groups in total. The van der Waals surface area contributed by atoms with E-state index in [2.05, 4.69) is 5.32 Å². The quantitative estimate of drug-likeness (QED) is 0.796. The normalized spacial score (nSPS) is 21.7. The minimum atomic E-state index is -0.869. The molecule has 0 bridgehead atoms. The van der Waals surface area contributed by atoms with Gasteiger partial charge in [-0.25, -0.2) is 0 Å². The lowest BCUT2D eigenvalue weighted by Gasteiger charge is -2.33. The SMILES string of the molecule is COc1ccc(N2CC(C(=O)NCC3(C(=O)O)CCCCC3)CC2=O)cc1. The summed E-state index contributed by atoms with van der Waals surface area (Å²) in [6, 6.07) is 7.13. The van der Waals surface area contributed by atoms with E-state index >= 15 is 0 Å². The molecule has 2 fully saturated rings. The van der Waals surface area contributed by atoms with Gasteiger partial charge >= 0.3 is 5.97 Å². The van der Waals surface area contributed by atoms with Gasteiger partial charge < -0.3 is 20.1 Å². The Balaban J connectivity index is 1.60. The van der Waals surface area contributed by atoms with Gasteiger partial charge in [0.2, 0.25) is 11.8 Å². The average molecular weight is 374 g/mol. The predicted octanol–water partition coefficient (Wildman–Crippen LogP) is 2.20. The molecular weight excluding hydrogens is 348 g/mol. The molecular formula is C20H26N2O5. The molecule has 1 aromatic carbocycles. The number of nitrogens with zero attached hydrogens (tertiary/aromatic N) is 1. The van der Waals surface area contributed by atoms with Crippen molar-refractivity contribution in [2.45, 2.75) is 38.5 Å². The highest BCUT2D eigenvalue weighted by molar-refractivity contribution is 6.00. The number of ether oxygens (including phenoxy) is 1. The number of rotatable bonds is 6. The zero-order valence-electron chi connectivity index (χ0n) is 15.6. The molecule has 1 unspecified atom stereocenters. The number of benzene rings is 1. The number of hydrogen-bond acceptors (Lipinski definition) is 4. The smallest absolute Gasteiger partial charge is 0.311 e. The van der Waals surface area contributed by atoms with Crippen LogP contribution < -0.4 is 15.0 Å². The fraction of sp³-hybridized carbons (Fsp3) is 0.550. The van der Waals surface area contributed by atoms with Crippen molar-refractivity contribution in [3.63, 3.8) is 0 Å². The van der Waals surface area contributed by atoms with E-state index in [1.165, 1.54) is 0 Å². The third-order valence-electron chi connectivity index (χ3n) is 5.75. The predicted molar refractivity (Wildman–Crippen MR) is 99.6 cm³/mol. The van der Waals surface area contributed by atoms with Gasteiger partial charge in [-0.1, -0.05) is 19.3 Å². The number of amides is 2. The summed E-state index contributed by atoms with van der Waals surface area (Å²) < 4.78 is 5.12. The number of nitrogens with one attached hydrogen (secondary N) is 1. The first kappa shape index (κ1) is 19.2. The van der Waals surface area contributed by atoms with E-state index in [-0.39, 0.29) is 24.8 Å². The number of carboxylic acid groups (broad SMARTS) is 1. The molecule has 0 spiro atoms. The van der Waals surface area contributed by atoms with Gasteiger partial charge in [-0.15, -0.1) is 0 Å². The van der Waals surface area contributed by atoms with Crippen LogP contribution >= 0.6 is 0 Å². The number of anilines is 1. The van der Waals surface area contributed by atoms with Crippen molar-refractivity contribution in [3.8, 4) is 5.75 Å². The molecule has 1 aliphatic carbocycles. The average Bonchev–Trinajstić information content (AvgIpc) is 3.08. The van der Waals surface area contributed by atoms with Crippen LogP contribution in [0.4, 0.5) is 5.69 Å². The molecule has 1 aromatic rings. The van der Waals surface area contributed by atoms with Crippen LogP contribution in [-0.4, -0.2) is 43.1 Å². The van der Waals surface area contributed by atoms with Crippen molar-refractivity contribution in [2.75, 3.05) is 25.1 Å². The van der Waals surface area contributed by atoms with Crippen molar-refractivity contribution in [1.29, 1.82) is 0 Å². The zero-order valence-corrected chi connectivity index (χ0v) is 15.6. The van der Waals surface area contributed by atoms with Gasteiger partial charge in [-0.2, -0.15) is 0 Å². The highest BCUT2D eigenvalue weighted by atomic mass is 16.5. The van der Waals surface area contributed by atoms with Crippen molar-refractivity contribution in [1.82, 2.24) is 5.32 Å². The monoisotopic (exact) mass is 374 g/mol. The Kier molecular flexibility index (Phi) is 5.68. The Morgan fingerprint density at radius 3 is 2.48 bits per heavy atom. The van der Waals surface area contributed by atoms with Crippen LogP contribution in [0.2, 0.25) is 0 Å². The second kappa shape index (κ2) is 7.98. The van der Waals surface area contributed by atoms with E-state index in [0.29, 0.717) is 25.1 Å². The van der Waals surface area contributed by atoms with Crippen LogP contribution in [0.5, 0.6) is 5.75 Å². The molecule has 27 heavy (non-hydrogen) atoms. The fourth-order valence-electron chi connectivity index (χ4n) is 3.99. The molecule has 0 radical (unpaired) electrons. The zero-order chi connectivity index (χ0) is 19.4. The summed E-state index contributed by atoms with van der Waals surface area (Å²) in [7, 11) is 1.58. The summed E-state index contributed by atoms with van der Waals surface area (Å²) in [5.41, 5.74) is -0.142. The van der Waals surface area contributed by atoms with Crippen LogP contribution in [-0.2, 0) is 14.4 Å². The maximum atomic E-state index is 12.6. The first-order valence-corrected chi connectivity index (χ1v) is 9.41. The molecule has 1 atom stereocenters. The first-order valence-electron chi connectivity index (χ1n) is 9.41. The second-order valence-corrected chi connectivity index (χ2v) is 7.47. The van der Waals surface area contributed by atoms with Gasteiger partial charge in [0.1, 0.15) is 5.75 Å². The van der Waals surface area contributed by atoms with E-state index in [9.17, 15) is 19.5 Å². The van der Waals surface area contributed by atoms with Gasteiger partial charge in [0.25, 0.3) is 0 Å². The largest absolute Gasteiger partial charge is 0.497 e. The van der Waals surface area contributed by atoms with Gasteiger partial charge in [-0.3, -0.25) is 14.4 Å². The van der Waals surface area contributed by atoms with Gasteiger partial charge in [0.15, 0.2) is 0 Å². The molecule has 7 heteroatoms. The molecule has 2 aliphatic rings. The Labute approximate surface area is 158 Å². The molecule has 2 amide bonds. The van der Waals surface area contributed by atoms with Crippen LogP contribution in [0, 0.1) is 11.3 Å². The summed E-state index contributed by atoms with van der Waals surface area (Å²) in [4.78, 5) is 38.2. The molecule has 7 nitrogen and oxygen atoms in total. The molecule has 1 saturated heterocycles. The van der Waals surface area contributed by atoms with Crippen molar-refractivity contribution in [3.05, 3.63) is 24.3 Å². The standard InChI is InChI=1S/C20H26N2O5/c1-27-16-7-5-15(6-8-16)22-12-14(11-17(22)23)18(24)21-13-20(19(25)26)9-3-2-4-10-20/h5-8,14H,2-4,9-13H2,1H3,(H,21,24)(H,25,26). The Bertz CT molecular complexity index is 710. The number of carbonyl (C=O) groups excluding carboxylic acids is 2. The highest BCUT2D eigenvalue weighted by Gasteiger charge is 2.41. The minimum Gasteiger partial charge on any atom is -0.497 e. The van der Waals surface area contributed by atoms with Crippen LogP contribution in [0.15, 0.2) is 24.3 Å². The number of methoxy groups -OCH3 is 1. The molecule has 0 aromatic heterocycles. The van der Waals surface area contributed by atoms with E-state index in [1.807, 2.05) is 0 Å². The number of aliphatic carboxylic acids is 1. The van der Waals surface area contributed by atoms with Crippen LogP contribution in [0.3, 0.4) is 0 Å². The fourth-order valence-corrected chi connectivity index (χ4v) is 3.99. The van der Waals surface area contributed by atoms with Crippen molar-refractivity contribution < 1.29 is 24.2 Å². The van der Waals surface area contributed by atoms with Crippen LogP contribution in [0.25, 0.3) is 0 Å². The molecule has 146 valence electrons. The number of carboxylic acids is 1. The molecule has 1 saturated carbocycles. The maximum Gasteiger partial charge on any atom is 0.311 e. The summed E-state index contributed by atoms with van der Waals surface area (Å²) in [5.74, 6) is -0.957. The molecule has 3 rings (SSSR count). The second-order valence-electron chi connectivity index (χ2n) is 7.47. The molecule has 1 aliphatic heterocycles. The summed E-state index contributed by atoms with van der Waals surface area (Å²) in [5, 5.41) is 12.4. The van der Waals surface area contributed by atoms with Gasteiger partial charge in [-0.05, 0) is 37.1 Å². The molecule has 1 heterocycles. The van der Waals surface area contributed by atoms with E-state index in [0.717, 1.165) is 24.9 Å². The topological polar surface area (TPSA) is 95.9 Å². The van der Waals surface area contributed by atoms with Crippen molar-refractivity contribution >= 4 is 23.5 Å². The lowest BCUT2D eigenvalue weighted by molar-refractivity contribution is -0.151. The Hall–Kier alpha value is -2.57. The lowest BCUT2D eigenvalue weighted by Crippen LogP contribution is -2.46. The Morgan fingerprint density at radius 2 is 1.89 bits per heavy atom. The third kappa shape index (κ3) is 4.07. The highest BCUT2D eigenvalue weighted by Crippen LogP contribution is 2.36. The van der Waals surface area contributed by atoms with Gasteiger partial charge in [0.05, 0.1) is 18.4 Å². The van der Waals surface area contributed by atoms with Crippen LogP contribution in [0.1, 0.15) is 38.5 Å². The first-order chi connectivity index (χ1) is 12.9. The van der Waals surface area contributed by atoms with Crippen molar-refractivity contribution in [2.24, 2.45) is 11.3 Å². The summed E-state index contributed by atoms with van der Waals surface area (Å²) in [6.45, 7) is 0.436. The summed E-state index contributed by atoms with van der Waals surface area (Å²) in [6.07, 6.45) is 4.09. The maximum absolute atomic E-state index is 12.6. The van der Waals surface area contributed by atoms with E-state index in [1.54, 1.807) is 36.3 Å². The van der Waals surface area contributed by atoms with E-state index < -0.39 is 17.3 Å². The lowest BCUT2D eigenvalue weighted by atomic mass is 9.74. The van der Waals surface area contributed by atoms with Gasteiger partial charge in [0, 0.05) is 25.2 Å². The number of carbonyl (C=O) groups is 3. The summed E-state index contributed by atoms with van der Waals surface area (Å²) >= 11 is 0. The number of hydrogen-bond donors (Lipinski definition) is 2. The Morgan fingerprint density at radius 1 is 1.22 bits per heavy atom. The van der Waals surface area contributed by atoms with E-state index in [4.69, 9.17) is 4.74 Å².